The standard InChI is InChI=1S/C11H10O2S2/c1-8-5-6-14-11(8)9-3-2-4-10(7-9)15(12)13/h2-7H,1H3,(H,12,13). The molecule has 4 heteroatoms. The summed E-state index contributed by atoms with van der Waals surface area (Å²) < 4.78 is 19.9. The van der Waals surface area contributed by atoms with Gasteiger partial charge in [-0.3, -0.25) is 0 Å². The number of benzene rings is 1. The fraction of sp³-hybridized carbons (Fsp3) is 0.0909. The molecule has 1 heterocycles. The van der Waals surface area contributed by atoms with E-state index in [4.69, 9.17) is 4.55 Å². The van der Waals surface area contributed by atoms with Crippen LogP contribution in [0.4, 0.5) is 0 Å². The van der Waals surface area contributed by atoms with Crippen LogP contribution >= 0.6 is 11.3 Å². The molecule has 0 spiro atoms. The van der Waals surface area contributed by atoms with Gasteiger partial charge in [0.15, 0.2) is 11.1 Å². The highest BCUT2D eigenvalue weighted by Crippen LogP contribution is 2.29. The summed E-state index contributed by atoms with van der Waals surface area (Å²) in [5.41, 5.74) is 2.20. The van der Waals surface area contributed by atoms with Gasteiger partial charge in [0.1, 0.15) is 0 Å². The lowest BCUT2D eigenvalue weighted by Gasteiger charge is -2.01. The predicted octanol–water partition coefficient (Wildman–Crippen LogP) is 3.30. The van der Waals surface area contributed by atoms with Crippen molar-refractivity contribution >= 4 is 22.4 Å². The van der Waals surface area contributed by atoms with Crippen LogP contribution in [-0.4, -0.2) is 8.76 Å². The molecule has 1 unspecified atom stereocenters. The Balaban J connectivity index is 2.50. The largest absolute Gasteiger partial charge is 0.302 e. The van der Waals surface area contributed by atoms with Gasteiger partial charge in [0.05, 0.1) is 4.90 Å². The summed E-state index contributed by atoms with van der Waals surface area (Å²) in [6.07, 6.45) is 0. The zero-order valence-electron chi connectivity index (χ0n) is 8.14. The monoisotopic (exact) mass is 238 g/mol. The first kappa shape index (κ1) is 10.5. The molecular weight excluding hydrogens is 228 g/mol. The van der Waals surface area contributed by atoms with E-state index in [1.807, 2.05) is 24.4 Å². The molecule has 0 aliphatic carbocycles. The lowest BCUT2D eigenvalue weighted by Crippen LogP contribution is -1.88. The van der Waals surface area contributed by atoms with E-state index in [0.29, 0.717) is 4.90 Å². The number of hydrogen-bond acceptors (Lipinski definition) is 2. The normalized spacial score (nSPS) is 12.7. The molecule has 0 bridgehead atoms. The lowest BCUT2D eigenvalue weighted by molar-refractivity contribution is 0.564. The molecule has 1 atom stereocenters. The number of hydrogen-bond donors (Lipinski definition) is 1. The highest BCUT2D eigenvalue weighted by molar-refractivity contribution is 7.79. The van der Waals surface area contributed by atoms with Gasteiger partial charge in [0.25, 0.3) is 0 Å². The summed E-state index contributed by atoms with van der Waals surface area (Å²) in [5.74, 6) is 0. The average molecular weight is 238 g/mol. The fourth-order valence-electron chi connectivity index (χ4n) is 1.41. The SMILES string of the molecule is Cc1ccsc1-c1cccc(S(=O)O)c1. The molecule has 0 saturated carbocycles. The van der Waals surface area contributed by atoms with Crippen molar-refractivity contribution < 1.29 is 8.76 Å². The molecule has 78 valence electrons. The van der Waals surface area contributed by atoms with Gasteiger partial charge in [-0.2, -0.15) is 0 Å². The minimum absolute atomic E-state index is 0.445. The Bertz CT molecular complexity index is 503. The van der Waals surface area contributed by atoms with Gasteiger partial charge in [-0.1, -0.05) is 12.1 Å². The maximum atomic E-state index is 10.9. The molecule has 1 aromatic heterocycles. The molecule has 2 nitrogen and oxygen atoms in total. The van der Waals surface area contributed by atoms with Crippen LogP contribution < -0.4 is 0 Å². The Kier molecular flexibility index (Phi) is 3.00. The first-order chi connectivity index (χ1) is 7.18. The molecule has 1 N–H and O–H groups in total. The van der Waals surface area contributed by atoms with Crippen molar-refractivity contribution in [3.8, 4) is 10.4 Å². The van der Waals surface area contributed by atoms with Crippen molar-refractivity contribution in [1.29, 1.82) is 0 Å². The highest BCUT2D eigenvalue weighted by Gasteiger charge is 2.06. The summed E-state index contributed by atoms with van der Waals surface area (Å²) in [4.78, 5) is 1.60. The van der Waals surface area contributed by atoms with Gasteiger partial charge in [-0.15, -0.1) is 11.3 Å². The molecular formula is C11H10O2S2. The summed E-state index contributed by atoms with van der Waals surface area (Å²) in [6.45, 7) is 2.04. The van der Waals surface area contributed by atoms with Crippen LogP contribution in [0.3, 0.4) is 0 Å². The van der Waals surface area contributed by atoms with Crippen molar-refractivity contribution in [2.45, 2.75) is 11.8 Å². The van der Waals surface area contributed by atoms with E-state index in [1.54, 1.807) is 29.5 Å². The first-order valence-corrected chi connectivity index (χ1v) is 6.42. The van der Waals surface area contributed by atoms with Crippen molar-refractivity contribution in [2.75, 3.05) is 0 Å². The minimum atomic E-state index is -1.90. The van der Waals surface area contributed by atoms with E-state index < -0.39 is 11.1 Å². The Morgan fingerprint density at radius 3 is 2.73 bits per heavy atom. The lowest BCUT2D eigenvalue weighted by atomic mass is 10.1. The highest BCUT2D eigenvalue weighted by atomic mass is 32.2. The average Bonchev–Trinajstić information content (AvgIpc) is 2.64. The van der Waals surface area contributed by atoms with Crippen LogP contribution in [0.5, 0.6) is 0 Å². The van der Waals surface area contributed by atoms with Gasteiger partial charge in [-0.25, -0.2) is 4.21 Å². The molecule has 2 rings (SSSR count). The van der Waals surface area contributed by atoms with Crippen LogP contribution in [0, 0.1) is 6.92 Å². The number of rotatable bonds is 2. The summed E-state index contributed by atoms with van der Waals surface area (Å²) in [7, 11) is 0. The number of aryl methyl sites for hydroxylation is 1. The zero-order chi connectivity index (χ0) is 10.8. The third-order valence-electron chi connectivity index (χ3n) is 2.16. The van der Waals surface area contributed by atoms with Crippen molar-refractivity contribution in [1.82, 2.24) is 0 Å². The van der Waals surface area contributed by atoms with Gasteiger partial charge < -0.3 is 4.55 Å². The van der Waals surface area contributed by atoms with Crippen LogP contribution in [0.1, 0.15) is 5.56 Å². The number of thiophene rings is 1. The topological polar surface area (TPSA) is 37.3 Å². The van der Waals surface area contributed by atoms with Crippen molar-refractivity contribution in [3.63, 3.8) is 0 Å². The van der Waals surface area contributed by atoms with Gasteiger partial charge >= 0.3 is 0 Å². The van der Waals surface area contributed by atoms with Crippen LogP contribution in [0.25, 0.3) is 10.4 Å². The first-order valence-electron chi connectivity index (χ1n) is 4.44. The third kappa shape index (κ3) is 2.17. The molecule has 0 radical (unpaired) electrons. The van der Waals surface area contributed by atoms with Gasteiger partial charge in [0, 0.05) is 4.88 Å². The third-order valence-corrected chi connectivity index (χ3v) is 3.88. The van der Waals surface area contributed by atoms with E-state index in [0.717, 1.165) is 10.4 Å². The minimum Gasteiger partial charge on any atom is -0.302 e. The van der Waals surface area contributed by atoms with E-state index in [2.05, 4.69) is 0 Å². The van der Waals surface area contributed by atoms with E-state index >= 15 is 0 Å². The van der Waals surface area contributed by atoms with Crippen LogP contribution in [0.15, 0.2) is 40.6 Å². The fourth-order valence-corrected chi connectivity index (χ4v) is 2.76. The van der Waals surface area contributed by atoms with Crippen LogP contribution in [-0.2, 0) is 11.1 Å². The molecule has 0 aliphatic rings. The van der Waals surface area contributed by atoms with Crippen LogP contribution in [0.2, 0.25) is 0 Å². The maximum Gasteiger partial charge on any atom is 0.186 e. The van der Waals surface area contributed by atoms with Gasteiger partial charge in [-0.05, 0) is 41.6 Å². The summed E-state index contributed by atoms with van der Waals surface area (Å²) >= 11 is -0.260. The molecule has 0 fully saturated rings. The molecule has 1 aromatic carbocycles. The second kappa shape index (κ2) is 4.26. The maximum absolute atomic E-state index is 10.9. The molecule has 0 saturated heterocycles. The summed E-state index contributed by atoms with van der Waals surface area (Å²) in [5, 5.41) is 2.02. The summed E-state index contributed by atoms with van der Waals surface area (Å²) in [6, 6.07) is 9.22. The second-order valence-electron chi connectivity index (χ2n) is 3.21. The van der Waals surface area contributed by atoms with Crippen molar-refractivity contribution in [2.24, 2.45) is 0 Å². The Hall–Kier alpha value is -0.970. The quantitative estimate of drug-likeness (QED) is 0.815. The second-order valence-corrected chi connectivity index (χ2v) is 5.10. The Morgan fingerprint density at radius 1 is 1.33 bits per heavy atom. The molecule has 2 aromatic rings. The smallest absolute Gasteiger partial charge is 0.186 e. The Labute approximate surface area is 94.9 Å². The van der Waals surface area contributed by atoms with E-state index in [1.165, 1.54) is 5.56 Å². The van der Waals surface area contributed by atoms with E-state index in [9.17, 15) is 4.21 Å². The van der Waals surface area contributed by atoms with Crippen molar-refractivity contribution in [3.05, 3.63) is 41.3 Å². The van der Waals surface area contributed by atoms with Gasteiger partial charge in [0.2, 0.25) is 0 Å². The molecule has 0 aliphatic heterocycles. The molecule has 0 amide bonds. The Morgan fingerprint density at radius 2 is 2.13 bits per heavy atom. The predicted molar refractivity (Wildman–Crippen MR) is 63.5 cm³/mol. The van der Waals surface area contributed by atoms with E-state index in [-0.39, 0.29) is 0 Å². The zero-order valence-corrected chi connectivity index (χ0v) is 9.77. The molecule has 15 heavy (non-hydrogen) atoms.